The third-order valence-electron chi connectivity index (χ3n) is 3.11. The zero-order valence-electron chi connectivity index (χ0n) is 10.9. The zero-order valence-corrected chi connectivity index (χ0v) is 12.5. The van der Waals surface area contributed by atoms with Crippen LogP contribution in [-0.2, 0) is 13.6 Å². The van der Waals surface area contributed by atoms with Gasteiger partial charge in [-0.15, -0.1) is 0 Å². The average molecular weight is 288 g/mol. The molecule has 0 saturated heterocycles. The summed E-state index contributed by atoms with van der Waals surface area (Å²) < 4.78 is 3.06. The molecule has 1 N–H and O–H groups in total. The zero-order chi connectivity index (χ0) is 12.3. The van der Waals surface area contributed by atoms with Crippen LogP contribution in [0.4, 0.5) is 0 Å². The second kappa shape index (κ2) is 5.32. The summed E-state index contributed by atoms with van der Waals surface area (Å²) >= 11 is 3.58. The lowest BCUT2D eigenvalue weighted by Gasteiger charge is -2.23. The van der Waals surface area contributed by atoms with Crippen LogP contribution in [0.5, 0.6) is 0 Å². The van der Waals surface area contributed by atoms with Crippen LogP contribution in [-0.4, -0.2) is 16.3 Å². The first-order chi connectivity index (χ1) is 7.37. The van der Waals surface area contributed by atoms with E-state index in [1.165, 1.54) is 12.1 Å². The summed E-state index contributed by atoms with van der Waals surface area (Å²) in [6, 6.07) is 0. The van der Waals surface area contributed by atoms with Gasteiger partial charge in [-0.05, 0) is 34.7 Å². The molecule has 92 valence electrons. The lowest BCUT2D eigenvalue weighted by atomic mass is 9.90. The predicted octanol–water partition coefficient (Wildman–Crippen LogP) is 3.02. The summed E-state index contributed by atoms with van der Waals surface area (Å²) in [6.45, 7) is 10.7. The van der Waals surface area contributed by atoms with Gasteiger partial charge in [-0.3, -0.25) is 4.68 Å². The number of halogens is 1. The molecular formula is C12H22BrN3. The van der Waals surface area contributed by atoms with Crippen molar-refractivity contribution in [3.63, 3.8) is 0 Å². The fourth-order valence-corrected chi connectivity index (χ4v) is 1.99. The molecule has 3 nitrogen and oxygen atoms in total. The largest absolute Gasteiger partial charge is 0.311 e. The minimum Gasteiger partial charge on any atom is -0.311 e. The molecule has 1 aromatic heterocycles. The third-order valence-corrected chi connectivity index (χ3v) is 4.15. The molecule has 0 bridgehead atoms. The molecule has 0 aliphatic carbocycles. The first-order valence-electron chi connectivity index (χ1n) is 5.76. The van der Waals surface area contributed by atoms with Crippen LogP contribution in [0.1, 0.15) is 38.6 Å². The Kier molecular flexibility index (Phi) is 4.56. The fraction of sp³-hybridized carbons (Fsp3) is 0.750. The maximum Gasteiger partial charge on any atom is 0.0739 e. The highest BCUT2D eigenvalue weighted by molar-refractivity contribution is 9.10. The molecule has 1 rings (SSSR count). The Morgan fingerprint density at radius 1 is 1.44 bits per heavy atom. The Balaban J connectivity index is 2.55. The van der Waals surface area contributed by atoms with Crippen molar-refractivity contribution in [3.05, 3.63) is 15.9 Å². The highest BCUT2D eigenvalue weighted by Gasteiger charge is 2.15. The topological polar surface area (TPSA) is 29.9 Å². The molecule has 0 aliphatic rings. The SMILES string of the molecule is CCC(C)(C)CNCc1c(Br)c(C)nn1C. The molecular weight excluding hydrogens is 266 g/mol. The second-order valence-electron chi connectivity index (χ2n) is 5.09. The van der Waals surface area contributed by atoms with Gasteiger partial charge in [0.2, 0.25) is 0 Å². The summed E-state index contributed by atoms with van der Waals surface area (Å²) in [5.74, 6) is 0. The van der Waals surface area contributed by atoms with Gasteiger partial charge in [0, 0.05) is 20.1 Å². The van der Waals surface area contributed by atoms with Crippen LogP contribution in [0.15, 0.2) is 4.47 Å². The summed E-state index contributed by atoms with van der Waals surface area (Å²) in [5, 5.41) is 7.87. The van der Waals surface area contributed by atoms with Gasteiger partial charge in [-0.25, -0.2) is 0 Å². The van der Waals surface area contributed by atoms with Crippen molar-refractivity contribution in [2.24, 2.45) is 12.5 Å². The van der Waals surface area contributed by atoms with Gasteiger partial charge < -0.3 is 5.32 Å². The second-order valence-corrected chi connectivity index (χ2v) is 5.88. The lowest BCUT2D eigenvalue weighted by Crippen LogP contribution is -2.29. The monoisotopic (exact) mass is 287 g/mol. The molecule has 0 amide bonds. The Labute approximate surface area is 107 Å². The fourth-order valence-electron chi connectivity index (χ4n) is 1.52. The predicted molar refractivity (Wildman–Crippen MR) is 71.4 cm³/mol. The Morgan fingerprint density at radius 3 is 2.50 bits per heavy atom. The summed E-state index contributed by atoms with van der Waals surface area (Å²) in [6.07, 6.45) is 1.19. The number of aryl methyl sites for hydroxylation is 2. The van der Waals surface area contributed by atoms with Crippen molar-refractivity contribution in [1.29, 1.82) is 0 Å². The van der Waals surface area contributed by atoms with Crippen LogP contribution in [0.25, 0.3) is 0 Å². The average Bonchev–Trinajstić information content (AvgIpc) is 2.44. The Bertz CT molecular complexity index is 355. The van der Waals surface area contributed by atoms with E-state index in [-0.39, 0.29) is 0 Å². The first-order valence-corrected chi connectivity index (χ1v) is 6.55. The summed E-state index contributed by atoms with van der Waals surface area (Å²) in [5.41, 5.74) is 2.62. The van der Waals surface area contributed by atoms with Crippen LogP contribution in [0, 0.1) is 12.3 Å². The molecule has 0 unspecified atom stereocenters. The van der Waals surface area contributed by atoms with Crippen molar-refractivity contribution >= 4 is 15.9 Å². The molecule has 0 atom stereocenters. The number of nitrogens with zero attached hydrogens (tertiary/aromatic N) is 2. The quantitative estimate of drug-likeness (QED) is 0.902. The molecule has 0 saturated carbocycles. The molecule has 0 fully saturated rings. The number of rotatable bonds is 5. The van der Waals surface area contributed by atoms with Crippen LogP contribution in [0.2, 0.25) is 0 Å². The van der Waals surface area contributed by atoms with E-state index in [0.717, 1.165) is 23.3 Å². The Morgan fingerprint density at radius 2 is 2.06 bits per heavy atom. The number of aromatic nitrogens is 2. The van der Waals surface area contributed by atoms with Crippen LogP contribution < -0.4 is 5.32 Å². The summed E-state index contributed by atoms with van der Waals surface area (Å²) in [7, 11) is 1.99. The van der Waals surface area contributed by atoms with E-state index in [0.29, 0.717) is 5.41 Å². The van der Waals surface area contributed by atoms with Gasteiger partial charge in [-0.2, -0.15) is 5.10 Å². The highest BCUT2D eigenvalue weighted by Crippen LogP contribution is 2.21. The van der Waals surface area contributed by atoms with Gasteiger partial charge in [0.15, 0.2) is 0 Å². The van der Waals surface area contributed by atoms with Gasteiger partial charge in [0.25, 0.3) is 0 Å². The normalized spacial score (nSPS) is 12.1. The van der Waals surface area contributed by atoms with Gasteiger partial charge in [0.1, 0.15) is 0 Å². The minimum absolute atomic E-state index is 0.361. The van der Waals surface area contributed by atoms with Crippen molar-refractivity contribution in [3.8, 4) is 0 Å². The standard InChI is InChI=1S/C12H22BrN3/c1-6-12(3,4)8-14-7-10-11(13)9(2)15-16(10)5/h14H,6-8H2,1-5H3. The summed E-state index contributed by atoms with van der Waals surface area (Å²) in [4.78, 5) is 0. The van der Waals surface area contributed by atoms with E-state index in [9.17, 15) is 0 Å². The number of hydrogen-bond acceptors (Lipinski definition) is 2. The lowest BCUT2D eigenvalue weighted by molar-refractivity contribution is 0.326. The van der Waals surface area contributed by atoms with E-state index >= 15 is 0 Å². The molecule has 0 aliphatic heterocycles. The van der Waals surface area contributed by atoms with Crippen molar-refractivity contribution in [2.75, 3.05) is 6.54 Å². The number of hydrogen-bond donors (Lipinski definition) is 1. The van der Waals surface area contributed by atoms with E-state index in [4.69, 9.17) is 0 Å². The first kappa shape index (κ1) is 13.7. The van der Waals surface area contributed by atoms with Gasteiger partial charge in [-0.1, -0.05) is 20.8 Å². The third kappa shape index (κ3) is 3.32. The van der Waals surface area contributed by atoms with E-state index in [2.05, 4.69) is 47.1 Å². The molecule has 1 heterocycles. The van der Waals surface area contributed by atoms with Gasteiger partial charge in [0.05, 0.1) is 15.9 Å². The molecule has 16 heavy (non-hydrogen) atoms. The molecule has 0 aromatic carbocycles. The minimum atomic E-state index is 0.361. The van der Waals surface area contributed by atoms with Crippen LogP contribution >= 0.6 is 15.9 Å². The maximum absolute atomic E-state index is 4.38. The smallest absolute Gasteiger partial charge is 0.0739 e. The van der Waals surface area contributed by atoms with E-state index < -0.39 is 0 Å². The van der Waals surface area contributed by atoms with E-state index in [1.54, 1.807) is 0 Å². The Hall–Kier alpha value is -0.350. The molecule has 0 spiro atoms. The van der Waals surface area contributed by atoms with Crippen LogP contribution in [0.3, 0.4) is 0 Å². The molecule has 4 heteroatoms. The van der Waals surface area contributed by atoms with Gasteiger partial charge >= 0.3 is 0 Å². The molecule has 1 aromatic rings. The van der Waals surface area contributed by atoms with E-state index in [1.807, 2.05) is 18.7 Å². The molecule has 0 radical (unpaired) electrons. The van der Waals surface area contributed by atoms with Crippen molar-refractivity contribution in [1.82, 2.24) is 15.1 Å². The van der Waals surface area contributed by atoms with Crippen molar-refractivity contribution < 1.29 is 0 Å². The maximum atomic E-state index is 4.38. The van der Waals surface area contributed by atoms with Crippen molar-refractivity contribution in [2.45, 2.75) is 40.7 Å². The number of nitrogens with one attached hydrogen (secondary N) is 1. The highest BCUT2D eigenvalue weighted by atomic mass is 79.9.